The number of nitrogens with zero attached hydrogens (tertiary/aromatic N) is 1. The van der Waals surface area contributed by atoms with Gasteiger partial charge in [-0.25, -0.2) is 0 Å². The topological polar surface area (TPSA) is 3.24 Å². The van der Waals surface area contributed by atoms with Gasteiger partial charge in [0.15, 0.2) is 0 Å². The van der Waals surface area contributed by atoms with Crippen molar-refractivity contribution in [2.75, 3.05) is 4.90 Å². The predicted octanol–water partition coefficient (Wildman–Crippen LogP) is 3.95. The summed E-state index contributed by atoms with van der Waals surface area (Å²) in [6.45, 7) is 0. The molecule has 0 bridgehead atoms. The molecular formula is C18H14LiN. The molecule has 20 heavy (non-hydrogen) atoms. The van der Waals surface area contributed by atoms with Crippen LogP contribution < -0.4 is 9.14 Å². The molecule has 0 spiro atoms. The Balaban J connectivity index is 2.11. The molecule has 0 atom stereocenters. The second kappa shape index (κ2) is 6.01. The number of hydrogen-bond donors (Lipinski definition) is 0. The van der Waals surface area contributed by atoms with Crippen LogP contribution in [0.15, 0.2) is 84.9 Å². The van der Waals surface area contributed by atoms with Gasteiger partial charge in [-0.1, -0.05) is 0 Å². The molecule has 3 aromatic rings. The maximum absolute atomic E-state index is 2.26. The molecule has 0 amide bonds. The van der Waals surface area contributed by atoms with Crippen LogP contribution in [0.25, 0.3) is 0 Å². The molecule has 0 aliphatic carbocycles. The summed E-state index contributed by atoms with van der Waals surface area (Å²) in [6.07, 6.45) is 0. The first kappa shape index (κ1) is 13.1. The van der Waals surface area contributed by atoms with Gasteiger partial charge in [-0.2, -0.15) is 0 Å². The van der Waals surface area contributed by atoms with Crippen molar-refractivity contribution < 1.29 is 0 Å². The quantitative estimate of drug-likeness (QED) is 0.637. The molecule has 1 nitrogen and oxygen atoms in total. The Morgan fingerprint density at radius 1 is 0.500 bits per heavy atom. The van der Waals surface area contributed by atoms with Gasteiger partial charge in [-0.15, -0.1) is 0 Å². The molecule has 3 rings (SSSR count). The van der Waals surface area contributed by atoms with Gasteiger partial charge in [0.1, 0.15) is 0 Å². The van der Waals surface area contributed by atoms with Crippen molar-refractivity contribution in [1.82, 2.24) is 0 Å². The van der Waals surface area contributed by atoms with E-state index < -0.39 is 0 Å². The minimum atomic E-state index is 1.17. The summed E-state index contributed by atoms with van der Waals surface area (Å²) in [5.74, 6) is 0. The van der Waals surface area contributed by atoms with Crippen molar-refractivity contribution >= 4 is 39.0 Å². The van der Waals surface area contributed by atoms with Crippen LogP contribution in [0.3, 0.4) is 0 Å². The van der Waals surface area contributed by atoms with Crippen molar-refractivity contribution in [1.29, 1.82) is 0 Å². The maximum atomic E-state index is 2.26. The fraction of sp³-hybridized carbons (Fsp3) is 0. The molecule has 0 aliphatic heterocycles. The molecule has 0 saturated carbocycles. The summed E-state index contributed by atoms with van der Waals surface area (Å²) in [5, 5.41) is 0. The second-order valence-electron chi connectivity index (χ2n) is 4.84. The van der Waals surface area contributed by atoms with E-state index in [0.29, 0.717) is 0 Å². The van der Waals surface area contributed by atoms with E-state index in [2.05, 4.69) is 95.4 Å². The van der Waals surface area contributed by atoms with E-state index in [4.69, 9.17) is 0 Å². The van der Waals surface area contributed by atoms with Crippen molar-refractivity contribution in [3.05, 3.63) is 84.9 Å². The zero-order chi connectivity index (χ0) is 13.8. The van der Waals surface area contributed by atoms with Gasteiger partial charge < -0.3 is 0 Å². The van der Waals surface area contributed by atoms with Gasteiger partial charge in [0.05, 0.1) is 0 Å². The number of benzene rings is 3. The second-order valence-corrected chi connectivity index (χ2v) is 4.84. The van der Waals surface area contributed by atoms with Crippen LogP contribution in [0.2, 0.25) is 0 Å². The van der Waals surface area contributed by atoms with Crippen LogP contribution in [-0.4, -0.2) is 17.7 Å². The first-order chi connectivity index (χ1) is 9.84. The number of rotatable bonds is 3. The standard InChI is InChI=1S/C18H14N.Li/c1-4-10-16(11-5-1)19(17-12-6-2-7-13-17)18-14-8-3-9-15-18;/h1-2,4-15H;. The van der Waals surface area contributed by atoms with Crippen molar-refractivity contribution in [3.63, 3.8) is 0 Å². The van der Waals surface area contributed by atoms with E-state index in [-0.39, 0.29) is 0 Å². The Kier molecular flexibility index (Phi) is 3.92. The van der Waals surface area contributed by atoms with Crippen LogP contribution in [0.4, 0.5) is 17.1 Å². The zero-order valence-electron chi connectivity index (χ0n) is 11.5. The molecular weight excluding hydrogens is 237 g/mol. The Labute approximate surface area is 129 Å². The third kappa shape index (κ3) is 2.80. The van der Waals surface area contributed by atoms with E-state index in [0.717, 1.165) is 0 Å². The van der Waals surface area contributed by atoms with Gasteiger partial charge in [0, 0.05) is 0 Å². The van der Waals surface area contributed by atoms with E-state index in [9.17, 15) is 0 Å². The summed E-state index contributed by atoms with van der Waals surface area (Å²) in [4.78, 5) is 2.26. The summed E-state index contributed by atoms with van der Waals surface area (Å²) < 4.78 is 1.27. The van der Waals surface area contributed by atoms with Crippen LogP contribution >= 0.6 is 0 Å². The fourth-order valence-electron chi connectivity index (χ4n) is 2.30. The van der Waals surface area contributed by atoms with E-state index >= 15 is 0 Å². The van der Waals surface area contributed by atoms with Crippen molar-refractivity contribution in [2.24, 2.45) is 0 Å². The molecule has 3 aromatic carbocycles. The molecule has 0 fully saturated rings. The molecule has 2 heteroatoms. The SMILES string of the molecule is [Li][c]1ccc(N(c2ccccc2)c2ccccc2)cc1. The molecule has 0 N–H and O–H groups in total. The third-order valence-corrected chi connectivity index (χ3v) is 3.32. The Morgan fingerprint density at radius 2 is 0.900 bits per heavy atom. The van der Waals surface area contributed by atoms with E-state index in [1.54, 1.807) is 0 Å². The van der Waals surface area contributed by atoms with Crippen LogP contribution in [0.1, 0.15) is 0 Å². The molecule has 0 heterocycles. The van der Waals surface area contributed by atoms with Gasteiger partial charge in [-0.05, 0) is 0 Å². The number of hydrogen-bond acceptors (Lipinski definition) is 1. The average Bonchev–Trinajstić information content (AvgIpc) is 2.52. The number of para-hydroxylation sites is 2. The summed E-state index contributed by atoms with van der Waals surface area (Å²) in [5.41, 5.74) is 3.51. The monoisotopic (exact) mass is 251 g/mol. The van der Waals surface area contributed by atoms with Gasteiger partial charge >= 0.3 is 129 Å². The molecule has 0 unspecified atom stereocenters. The fourth-order valence-corrected chi connectivity index (χ4v) is 2.30. The van der Waals surface area contributed by atoms with Crippen LogP contribution in [0.5, 0.6) is 0 Å². The third-order valence-electron chi connectivity index (χ3n) is 3.32. The molecule has 92 valence electrons. The van der Waals surface area contributed by atoms with Gasteiger partial charge in [0.25, 0.3) is 0 Å². The predicted molar refractivity (Wildman–Crippen MR) is 86.5 cm³/mol. The first-order valence-corrected chi connectivity index (χ1v) is 6.81. The van der Waals surface area contributed by atoms with Crippen molar-refractivity contribution in [3.8, 4) is 0 Å². The Bertz CT molecular complexity index is 623. The van der Waals surface area contributed by atoms with Gasteiger partial charge in [-0.3, -0.25) is 0 Å². The zero-order valence-corrected chi connectivity index (χ0v) is 11.5. The van der Waals surface area contributed by atoms with E-state index in [1.807, 2.05) is 12.1 Å². The molecule has 0 aliphatic rings. The minimum absolute atomic E-state index is 1.17. The first-order valence-electron chi connectivity index (χ1n) is 6.81. The molecule has 0 radical (unpaired) electrons. The van der Waals surface area contributed by atoms with E-state index in [1.165, 1.54) is 21.3 Å². The summed E-state index contributed by atoms with van der Waals surface area (Å²) in [6, 6.07) is 29.5. The van der Waals surface area contributed by atoms with Gasteiger partial charge in [0.2, 0.25) is 0 Å². The Hall–Kier alpha value is -1.94. The molecule has 0 saturated heterocycles. The Morgan fingerprint density at radius 3 is 1.35 bits per heavy atom. The van der Waals surface area contributed by atoms with Crippen molar-refractivity contribution in [2.45, 2.75) is 0 Å². The van der Waals surface area contributed by atoms with Crippen LogP contribution in [0, 0.1) is 0 Å². The summed E-state index contributed by atoms with van der Waals surface area (Å²) >= 11 is 2.11. The normalized spacial score (nSPS) is 10.3. The molecule has 0 aromatic heterocycles. The average molecular weight is 251 g/mol. The summed E-state index contributed by atoms with van der Waals surface area (Å²) in [7, 11) is 0. The number of anilines is 3. The van der Waals surface area contributed by atoms with Crippen LogP contribution in [-0.2, 0) is 0 Å².